The van der Waals surface area contributed by atoms with E-state index < -0.39 is 41.5 Å². The summed E-state index contributed by atoms with van der Waals surface area (Å²) >= 11 is 0. The molecule has 2 atom stereocenters. The molecule has 0 aliphatic carbocycles. The summed E-state index contributed by atoms with van der Waals surface area (Å²) in [6, 6.07) is 9.70. The fraction of sp³-hybridized carbons (Fsp3) is 0.0870. The number of carbonyl (C=O) groups excluding carboxylic acids is 5. The third-order valence-corrected chi connectivity index (χ3v) is 5.24. The van der Waals surface area contributed by atoms with Gasteiger partial charge in [0.1, 0.15) is 12.1 Å². The summed E-state index contributed by atoms with van der Waals surface area (Å²) < 4.78 is 0. The van der Waals surface area contributed by atoms with E-state index in [4.69, 9.17) is 0 Å². The molecule has 0 aromatic heterocycles. The Bertz CT molecular complexity index is 1010. The van der Waals surface area contributed by atoms with Gasteiger partial charge in [0.25, 0.3) is 23.6 Å². The number of amides is 4. The molecule has 2 heterocycles. The molecule has 2 unspecified atom stereocenters. The van der Waals surface area contributed by atoms with Gasteiger partial charge in [-0.25, -0.2) is 0 Å². The van der Waals surface area contributed by atoms with E-state index in [-0.39, 0.29) is 22.3 Å². The Balaban J connectivity index is 1.69. The largest absolute Gasteiger partial charge is 0.294 e. The van der Waals surface area contributed by atoms with E-state index in [0.717, 1.165) is 22.0 Å². The molecule has 0 saturated heterocycles. The number of hydrogen-bond acceptors (Lipinski definition) is 5. The zero-order valence-corrected chi connectivity index (χ0v) is 15.8. The maximum absolute atomic E-state index is 13.3. The number of carbonyl (C=O) groups is 5. The van der Waals surface area contributed by atoms with E-state index >= 15 is 0 Å². The molecule has 2 aliphatic heterocycles. The second kappa shape index (κ2) is 7.04. The first-order valence-electron chi connectivity index (χ1n) is 9.15. The maximum atomic E-state index is 13.3. The number of hydrogen-bond donors (Lipinski definition) is 0. The van der Waals surface area contributed by atoms with Crippen molar-refractivity contribution in [2.24, 2.45) is 0 Å². The Hall–Kier alpha value is -4.13. The van der Waals surface area contributed by atoms with Crippen LogP contribution in [0.2, 0.25) is 0 Å². The Morgan fingerprint density at radius 1 is 0.633 bits per heavy atom. The predicted molar refractivity (Wildman–Crippen MR) is 107 cm³/mol. The Kier molecular flexibility index (Phi) is 4.50. The van der Waals surface area contributed by atoms with E-state index in [2.05, 4.69) is 13.2 Å². The van der Waals surface area contributed by atoms with Crippen LogP contribution in [0.25, 0.3) is 0 Å². The standard InChI is InChI=1S/C23H16N2O5/c1-3-17(24-20(27)13-9-5-6-10-14(13)21(24)28)19(26)18(4-2)25-22(29)15-11-7-8-12-16(15)23(25)30/h3-12,17-18H,1-2H2. The summed E-state index contributed by atoms with van der Waals surface area (Å²) in [5, 5.41) is 0. The van der Waals surface area contributed by atoms with Crippen LogP contribution in [0.5, 0.6) is 0 Å². The third kappa shape index (κ3) is 2.56. The highest BCUT2D eigenvalue weighted by atomic mass is 16.2. The number of benzene rings is 2. The van der Waals surface area contributed by atoms with Gasteiger partial charge in [-0.05, 0) is 24.3 Å². The van der Waals surface area contributed by atoms with Crippen LogP contribution in [0.1, 0.15) is 41.4 Å². The second-order valence-corrected chi connectivity index (χ2v) is 6.82. The lowest BCUT2D eigenvalue weighted by Crippen LogP contribution is -2.53. The first-order valence-corrected chi connectivity index (χ1v) is 9.15. The highest BCUT2D eigenvalue weighted by molar-refractivity contribution is 6.25. The molecule has 4 rings (SSSR count). The van der Waals surface area contributed by atoms with Gasteiger partial charge >= 0.3 is 0 Å². The zero-order chi connectivity index (χ0) is 21.6. The second-order valence-electron chi connectivity index (χ2n) is 6.82. The minimum absolute atomic E-state index is 0.179. The van der Waals surface area contributed by atoms with Crippen LogP contribution >= 0.6 is 0 Å². The molecule has 0 saturated carbocycles. The molecule has 148 valence electrons. The van der Waals surface area contributed by atoms with Crippen molar-refractivity contribution in [2.75, 3.05) is 0 Å². The van der Waals surface area contributed by atoms with Crippen molar-refractivity contribution in [3.05, 3.63) is 96.1 Å². The van der Waals surface area contributed by atoms with Gasteiger partial charge in [0, 0.05) is 0 Å². The normalized spacial score (nSPS) is 16.9. The maximum Gasteiger partial charge on any atom is 0.262 e. The van der Waals surface area contributed by atoms with Crippen LogP contribution < -0.4 is 0 Å². The van der Waals surface area contributed by atoms with E-state index in [1.165, 1.54) is 24.3 Å². The summed E-state index contributed by atoms with van der Waals surface area (Å²) in [6.07, 6.45) is 2.30. The molecule has 0 fully saturated rings. The number of Topliss-reactive ketones (excluding diaryl/α,β-unsaturated/α-hetero) is 1. The first kappa shape index (κ1) is 19.2. The van der Waals surface area contributed by atoms with Gasteiger partial charge in [-0.15, -0.1) is 13.2 Å². The molecule has 2 aromatic rings. The molecule has 0 radical (unpaired) electrons. The van der Waals surface area contributed by atoms with Gasteiger partial charge in [0.15, 0.2) is 5.78 Å². The van der Waals surface area contributed by atoms with Crippen LogP contribution in [-0.2, 0) is 4.79 Å². The topological polar surface area (TPSA) is 91.8 Å². The number of fused-ring (bicyclic) bond motifs is 2. The number of ketones is 1. The van der Waals surface area contributed by atoms with E-state index in [0.29, 0.717) is 0 Å². The van der Waals surface area contributed by atoms with Crippen LogP contribution in [0.4, 0.5) is 0 Å². The van der Waals surface area contributed by atoms with E-state index in [9.17, 15) is 24.0 Å². The van der Waals surface area contributed by atoms with Gasteiger partial charge < -0.3 is 0 Å². The summed E-state index contributed by atoms with van der Waals surface area (Å²) in [7, 11) is 0. The molecule has 2 aromatic carbocycles. The summed E-state index contributed by atoms with van der Waals surface area (Å²) in [4.78, 5) is 66.1. The molecule has 7 heteroatoms. The summed E-state index contributed by atoms with van der Waals surface area (Å²) in [5.41, 5.74) is 0.715. The molecule has 0 N–H and O–H groups in total. The number of nitrogens with zero attached hydrogens (tertiary/aromatic N) is 2. The molecular weight excluding hydrogens is 384 g/mol. The Morgan fingerprint density at radius 3 is 1.13 bits per heavy atom. The smallest absolute Gasteiger partial charge is 0.262 e. The summed E-state index contributed by atoms with van der Waals surface area (Å²) in [5.74, 6) is -3.29. The van der Waals surface area contributed by atoms with Gasteiger partial charge in [0.05, 0.1) is 22.3 Å². The third-order valence-electron chi connectivity index (χ3n) is 5.24. The van der Waals surface area contributed by atoms with E-state index in [1.54, 1.807) is 24.3 Å². The van der Waals surface area contributed by atoms with Crippen molar-refractivity contribution in [1.29, 1.82) is 0 Å². The number of rotatable bonds is 6. The summed E-state index contributed by atoms with van der Waals surface area (Å²) in [6.45, 7) is 7.18. The molecule has 0 spiro atoms. The lowest BCUT2D eigenvalue weighted by molar-refractivity contribution is -0.124. The van der Waals surface area contributed by atoms with Gasteiger partial charge in [-0.2, -0.15) is 0 Å². The molecule has 0 bridgehead atoms. The van der Waals surface area contributed by atoms with Gasteiger partial charge in [0.2, 0.25) is 0 Å². The predicted octanol–water partition coefficient (Wildman–Crippen LogP) is 2.26. The Labute approximate surface area is 171 Å². The van der Waals surface area contributed by atoms with Crippen molar-refractivity contribution >= 4 is 29.4 Å². The van der Waals surface area contributed by atoms with Crippen molar-refractivity contribution in [3.8, 4) is 0 Å². The SMILES string of the molecule is C=CC(C(=O)C(C=C)N1C(=O)c2ccccc2C1=O)N1C(=O)c2ccccc2C1=O. The van der Waals surface area contributed by atoms with E-state index in [1.807, 2.05) is 0 Å². The number of imide groups is 2. The average molecular weight is 400 g/mol. The van der Waals surface area contributed by atoms with Crippen molar-refractivity contribution < 1.29 is 24.0 Å². The van der Waals surface area contributed by atoms with Gasteiger partial charge in [-0.3, -0.25) is 33.8 Å². The molecule has 7 nitrogen and oxygen atoms in total. The van der Waals surface area contributed by atoms with Crippen LogP contribution in [-0.4, -0.2) is 51.3 Å². The molecule has 2 aliphatic rings. The Morgan fingerprint density at radius 2 is 0.900 bits per heavy atom. The minimum atomic E-state index is -1.37. The van der Waals surface area contributed by atoms with Crippen LogP contribution in [0, 0.1) is 0 Å². The van der Waals surface area contributed by atoms with Crippen LogP contribution in [0.3, 0.4) is 0 Å². The zero-order valence-electron chi connectivity index (χ0n) is 15.8. The van der Waals surface area contributed by atoms with Gasteiger partial charge in [-0.1, -0.05) is 36.4 Å². The first-order chi connectivity index (χ1) is 14.4. The monoisotopic (exact) mass is 400 g/mol. The fourth-order valence-corrected chi connectivity index (χ4v) is 3.79. The lowest BCUT2D eigenvalue weighted by atomic mass is 10.0. The van der Waals surface area contributed by atoms with Crippen molar-refractivity contribution in [3.63, 3.8) is 0 Å². The highest BCUT2D eigenvalue weighted by Gasteiger charge is 2.47. The molecule has 4 amide bonds. The van der Waals surface area contributed by atoms with Crippen molar-refractivity contribution in [1.82, 2.24) is 9.80 Å². The lowest BCUT2D eigenvalue weighted by Gasteiger charge is -2.28. The molecule has 30 heavy (non-hydrogen) atoms. The average Bonchev–Trinajstić information content (AvgIpc) is 3.16. The quantitative estimate of drug-likeness (QED) is 0.548. The highest BCUT2D eigenvalue weighted by Crippen LogP contribution is 2.29. The molecular formula is C23H16N2O5. The van der Waals surface area contributed by atoms with Crippen LogP contribution in [0.15, 0.2) is 73.8 Å². The fourth-order valence-electron chi connectivity index (χ4n) is 3.79. The van der Waals surface area contributed by atoms with Crippen molar-refractivity contribution in [2.45, 2.75) is 12.1 Å². The minimum Gasteiger partial charge on any atom is -0.294 e.